The first-order valence-corrected chi connectivity index (χ1v) is 16.6. The zero-order valence-electron chi connectivity index (χ0n) is 24.8. The summed E-state index contributed by atoms with van der Waals surface area (Å²) in [7, 11) is -4.18. The lowest BCUT2D eigenvalue weighted by Crippen LogP contribution is -2.54. The Morgan fingerprint density at radius 1 is 1.00 bits per heavy atom. The number of rotatable bonds is 12. The van der Waals surface area contributed by atoms with Crippen molar-refractivity contribution in [2.45, 2.75) is 62.5 Å². The maximum Gasteiger partial charge on any atom is 0.264 e. The lowest BCUT2D eigenvalue weighted by molar-refractivity contribution is -0.140. The molecule has 3 rings (SSSR count). The van der Waals surface area contributed by atoms with Crippen LogP contribution >= 0.6 is 23.4 Å². The fourth-order valence-corrected chi connectivity index (χ4v) is 6.16. The predicted molar refractivity (Wildman–Crippen MR) is 170 cm³/mol. The number of nitrogens with zero attached hydrogens (tertiary/aromatic N) is 2. The molecule has 1 unspecified atom stereocenters. The lowest BCUT2D eigenvalue weighted by Gasteiger charge is -2.33. The molecule has 2 amide bonds. The Morgan fingerprint density at radius 2 is 1.62 bits per heavy atom. The van der Waals surface area contributed by atoms with E-state index in [2.05, 4.69) is 5.32 Å². The molecule has 1 N–H and O–H groups in total. The number of anilines is 1. The van der Waals surface area contributed by atoms with Crippen LogP contribution in [-0.4, -0.2) is 56.1 Å². The van der Waals surface area contributed by atoms with E-state index in [1.165, 1.54) is 28.8 Å². The van der Waals surface area contributed by atoms with Gasteiger partial charge < -0.3 is 15.0 Å². The average Bonchev–Trinajstić information content (AvgIpc) is 2.94. The minimum atomic E-state index is -4.18. The van der Waals surface area contributed by atoms with Crippen LogP contribution in [0.3, 0.4) is 0 Å². The number of amides is 2. The average molecular weight is 632 g/mol. The molecule has 0 saturated heterocycles. The topological polar surface area (TPSA) is 96.0 Å². The van der Waals surface area contributed by atoms with E-state index >= 15 is 0 Å². The fraction of sp³-hybridized carbons (Fsp3) is 0.355. The number of halogens is 1. The van der Waals surface area contributed by atoms with Crippen molar-refractivity contribution in [1.29, 1.82) is 0 Å². The molecule has 3 aromatic carbocycles. The number of thioether (sulfide) groups is 1. The molecule has 8 nitrogen and oxygen atoms in total. The Hall–Kier alpha value is -3.21. The molecule has 11 heteroatoms. The van der Waals surface area contributed by atoms with Gasteiger partial charge in [0.1, 0.15) is 18.3 Å². The summed E-state index contributed by atoms with van der Waals surface area (Å²) in [5.74, 6) is -0.363. The molecular weight excluding hydrogens is 594 g/mol. The largest absolute Gasteiger partial charge is 0.494 e. The van der Waals surface area contributed by atoms with Crippen LogP contribution in [0.15, 0.2) is 82.6 Å². The van der Waals surface area contributed by atoms with Gasteiger partial charge in [-0.1, -0.05) is 29.8 Å². The van der Waals surface area contributed by atoms with Gasteiger partial charge in [-0.3, -0.25) is 13.9 Å². The summed E-state index contributed by atoms with van der Waals surface area (Å²) in [4.78, 5) is 29.6. The van der Waals surface area contributed by atoms with E-state index in [-0.39, 0.29) is 23.0 Å². The van der Waals surface area contributed by atoms with E-state index < -0.39 is 34.1 Å². The minimum absolute atomic E-state index is 0.0107. The molecule has 0 aliphatic carbocycles. The summed E-state index contributed by atoms with van der Waals surface area (Å²) in [6, 6.07) is 19.1. The zero-order chi connectivity index (χ0) is 31.1. The second-order valence-corrected chi connectivity index (χ2v) is 13.8. The number of carbonyl (C=O) groups is 2. The smallest absolute Gasteiger partial charge is 0.264 e. The fourth-order valence-electron chi connectivity index (χ4n) is 4.15. The van der Waals surface area contributed by atoms with Crippen LogP contribution in [0.5, 0.6) is 5.75 Å². The number of ether oxygens (including phenoxy) is 1. The van der Waals surface area contributed by atoms with E-state index in [1.54, 1.807) is 67.6 Å². The van der Waals surface area contributed by atoms with Crippen molar-refractivity contribution in [2.24, 2.45) is 0 Å². The van der Waals surface area contributed by atoms with E-state index in [0.29, 0.717) is 22.9 Å². The number of hydrogen-bond acceptors (Lipinski definition) is 6. The Labute approximate surface area is 258 Å². The third-order valence-electron chi connectivity index (χ3n) is 6.33. The van der Waals surface area contributed by atoms with Gasteiger partial charge in [-0.2, -0.15) is 0 Å². The highest BCUT2D eigenvalue weighted by molar-refractivity contribution is 7.98. The minimum Gasteiger partial charge on any atom is -0.494 e. The van der Waals surface area contributed by atoms with Crippen molar-refractivity contribution in [2.75, 3.05) is 23.7 Å². The lowest BCUT2D eigenvalue weighted by atomic mass is 10.1. The first kappa shape index (κ1) is 33.3. The summed E-state index contributed by atoms with van der Waals surface area (Å²) in [5.41, 5.74) is 0.377. The van der Waals surface area contributed by atoms with Crippen molar-refractivity contribution in [3.05, 3.63) is 83.4 Å². The molecule has 0 saturated carbocycles. The van der Waals surface area contributed by atoms with E-state index in [1.807, 2.05) is 34.0 Å². The van der Waals surface area contributed by atoms with Gasteiger partial charge in [0.05, 0.1) is 17.2 Å². The van der Waals surface area contributed by atoms with Gasteiger partial charge in [-0.15, -0.1) is 11.8 Å². The van der Waals surface area contributed by atoms with E-state index in [0.717, 1.165) is 9.20 Å². The third-order valence-corrected chi connectivity index (χ3v) is 9.23. The molecule has 0 heterocycles. The van der Waals surface area contributed by atoms with Crippen LogP contribution in [0.2, 0.25) is 5.02 Å². The van der Waals surface area contributed by atoms with Crippen LogP contribution in [-0.2, 0) is 26.2 Å². The molecule has 226 valence electrons. The second kappa shape index (κ2) is 14.3. The summed E-state index contributed by atoms with van der Waals surface area (Å²) in [6.07, 6.45) is 1.90. The molecule has 0 spiro atoms. The van der Waals surface area contributed by atoms with Crippen LogP contribution < -0.4 is 14.4 Å². The zero-order valence-corrected chi connectivity index (χ0v) is 27.1. The van der Waals surface area contributed by atoms with Crippen molar-refractivity contribution in [3.63, 3.8) is 0 Å². The number of benzene rings is 3. The van der Waals surface area contributed by atoms with Crippen LogP contribution in [0.4, 0.5) is 5.69 Å². The first-order valence-electron chi connectivity index (χ1n) is 13.5. The summed E-state index contributed by atoms with van der Waals surface area (Å²) >= 11 is 7.92. The van der Waals surface area contributed by atoms with Crippen LogP contribution in [0.1, 0.15) is 40.2 Å². The maximum atomic E-state index is 14.1. The predicted octanol–water partition coefficient (Wildman–Crippen LogP) is 5.99. The van der Waals surface area contributed by atoms with Crippen LogP contribution in [0.25, 0.3) is 0 Å². The SMILES string of the molecule is CCOc1ccc(N(CC(=O)N(Cc2ccccc2Cl)C(C)C(=O)NC(C)(C)C)S(=O)(=O)c2ccc(SC)cc2)cc1. The highest BCUT2D eigenvalue weighted by Gasteiger charge is 2.33. The van der Waals surface area contributed by atoms with Gasteiger partial charge in [0.2, 0.25) is 11.8 Å². The Bertz CT molecular complexity index is 1470. The second-order valence-electron chi connectivity index (χ2n) is 10.6. The van der Waals surface area contributed by atoms with Crippen molar-refractivity contribution in [3.8, 4) is 5.75 Å². The molecule has 42 heavy (non-hydrogen) atoms. The number of hydrogen-bond donors (Lipinski definition) is 1. The highest BCUT2D eigenvalue weighted by Crippen LogP contribution is 2.28. The normalized spacial score (nSPS) is 12.4. The Kier molecular flexibility index (Phi) is 11.3. The standard InChI is InChI=1S/C31H38ClN3O5S2/c1-7-40-25-14-12-24(13-15-25)35(42(38,39)27-18-16-26(41-6)17-19-27)21-29(36)34(20-23-10-8-9-11-28(23)32)22(2)30(37)33-31(3,4)5/h8-19,22H,7,20-21H2,1-6H3,(H,33,37). The quantitative estimate of drug-likeness (QED) is 0.247. The molecule has 0 aliphatic rings. The molecule has 1 atom stereocenters. The van der Waals surface area contributed by atoms with Crippen molar-refractivity contribution in [1.82, 2.24) is 10.2 Å². The summed E-state index contributed by atoms with van der Waals surface area (Å²) < 4.78 is 34.6. The molecule has 0 aromatic heterocycles. The van der Waals surface area contributed by atoms with Gasteiger partial charge in [0.15, 0.2) is 0 Å². The first-order chi connectivity index (χ1) is 19.8. The maximum absolute atomic E-state index is 14.1. The molecule has 0 aliphatic heterocycles. The molecule has 0 bridgehead atoms. The monoisotopic (exact) mass is 631 g/mol. The third kappa shape index (κ3) is 8.65. The molecule has 3 aromatic rings. The van der Waals surface area contributed by atoms with Gasteiger partial charge in [-0.25, -0.2) is 8.42 Å². The molecule has 0 radical (unpaired) electrons. The number of nitrogens with one attached hydrogen (secondary N) is 1. The molecule has 0 fully saturated rings. The summed E-state index contributed by atoms with van der Waals surface area (Å²) in [5, 5.41) is 3.35. The highest BCUT2D eigenvalue weighted by atomic mass is 35.5. The Morgan fingerprint density at radius 3 is 2.17 bits per heavy atom. The molecular formula is C31H38ClN3O5S2. The Balaban J connectivity index is 2.06. The summed E-state index contributed by atoms with van der Waals surface area (Å²) in [6.45, 7) is 8.93. The van der Waals surface area contributed by atoms with Crippen molar-refractivity contribution < 1.29 is 22.7 Å². The van der Waals surface area contributed by atoms with Gasteiger partial charge >= 0.3 is 0 Å². The number of carbonyl (C=O) groups excluding carboxylic acids is 2. The van der Waals surface area contributed by atoms with Gasteiger partial charge in [0, 0.05) is 22.0 Å². The van der Waals surface area contributed by atoms with Gasteiger partial charge in [0.25, 0.3) is 10.0 Å². The van der Waals surface area contributed by atoms with E-state index in [4.69, 9.17) is 16.3 Å². The van der Waals surface area contributed by atoms with Crippen LogP contribution in [0, 0.1) is 0 Å². The van der Waals surface area contributed by atoms with Crippen molar-refractivity contribution >= 4 is 50.9 Å². The number of sulfonamides is 1. The van der Waals surface area contributed by atoms with Gasteiger partial charge in [-0.05, 0) is 101 Å². The van der Waals surface area contributed by atoms with E-state index in [9.17, 15) is 18.0 Å².